The molecule has 0 spiro atoms. The first kappa shape index (κ1) is 15.4. The molecule has 0 saturated heterocycles. The van der Waals surface area contributed by atoms with Crippen LogP contribution in [0.5, 0.6) is 0 Å². The zero-order valence-corrected chi connectivity index (χ0v) is 14.0. The smallest absolute Gasteiger partial charge is 0.138 e. The Labute approximate surface area is 141 Å². The van der Waals surface area contributed by atoms with Gasteiger partial charge in [0.2, 0.25) is 0 Å². The lowest BCUT2D eigenvalue weighted by molar-refractivity contribution is 1.36. The van der Waals surface area contributed by atoms with Gasteiger partial charge in [0, 0.05) is 4.90 Å². The fourth-order valence-electron chi connectivity index (χ4n) is 2.66. The molecule has 1 nitrogen and oxygen atoms in total. The van der Waals surface area contributed by atoms with Crippen molar-refractivity contribution in [3.63, 3.8) is 0 Å². The van der Waals surface area contributed by atoms with Crippen molar-refractivity contribution < 1.29 is 0 Å². The quantitative estimate of drug-likeness (QED) is 0.424. The molecule has 0 aliphatic rings. The summed E-state index contributed by atoms with van der Waals surface area (Å²) in [7, 11) is 0. The van der Waals surface area contributed by atoms with E-state index in [0.29, 0.717) is 0 Å². The summed E-state index contributed by atoms with van der Waals surface area (Å²) in [6.07, 6.45) is 0. The Morgan fingerprint density at radius 3 is 1.87 bits per heavy atom. The Hall–Kier alpha value is -2.50. The second kappa shape index (κ2) is 6.73. The van der Waals surface area contributed by atoms with Gasteiger partial charge in [0.25, 0.3) is 0 Å². The maximum Gasteiger partial charge on any atom is 0.138 e. The largest absolute Gasteiger partial charge is 0.185 e. The summed E-state index contributed by atoms with van der Waals surface area (Å²) < 4.78 is 0. The minimum absolute atomic E-state index is 0.991. The first-order valence-electron chi connectivity index (χ1n) is 7.51. The SMILES string of the molecule is Cc1ccc(-c2ccc(-c3ccc(SC#N)cc3C)cc2)cc1. The van der Waals surface area contributed by atoms with Gasteiger partial charge in [-0.05, 0) is 65.6 Å². The van der Waals surface area contributed by atoms with Crippen LogP contribution in [0.1, 0.15) is 11.1 Å². The lowest BCUT2D eigenvalue weighted by Crippen LogP contribution is -1.85. The van der Waals surface area contributed by atoms with Gasteiger partial charge in [-0.1, -0.05) is 60.2 Å². The standard InChI is InChI=1S/C21H17NS/c1-15-3-5-17(6-4-15)18-7-9-19(10-8-18)21-12-11-20(23-14-22)13-16(21)2/h3-13H,1-2H3. The van der Waals surface area contributed by atoms with Crippen LogP contribution in [-0.4, -0.2) is 0 Å². The number of benzene rings is 3. The molecule has 0 bridgehead atoms. The second-order valence-corrected chi connectivity index (χ2v) is 6.47. The number of hydrogen-bond acceptors (Lipinski definition) is 2. The van der Waals surface area contributed by atoms with Crippen molar-refractivity contribution in [2.24, 2.45) is 0 Å². The predicted octanol–water partition coefficient (Wildman–Crippen LogP) is 6.21. The third-order valence-electron chi connectivity index (χ3n) is 3.94. The highest BCUT2D eigenvalue weighted by molar-refractivity contribution is 8.03. The molecule has 112 valence electrons. The first-order valence-corrected chi connectivity index (χ1v) is 8.33. The lowest BCUT2D eigenvalue weighted by Gasteiger charge is -2.09. The summed E-state index contributed by atoms with van der Waals surface area (Å²) in [5.41, 5.74) is 7.34. The molecule has 0 radical (unpaired) electrons. The maximum absolute atomic E-state index is 8.77. The zero-order valence-electron chi connectivity index (χ0n) is 13.2. The number of thiocyanates is 1. The van der Waals surface area contributed by atoms with E-state index < -0.39 is 0 Å². The molecule has 0 amide bonds. The molecule has 3 aromatic carbocycles. The van der Waals surface area contributed by atoms with Crippen LogP contribution >= 0.6 is 11.8 Å². The second-order valence-electron chi connectivity index (χ2n) is 5.61. The van der Waals surface area contributed by atoms with Gasteiger partial charge in [-0.3, -0.25) is 0 Å². The Kier molecular flexibility index (Phi) is 4.50. The molecule has 0 unspecified atom stereocenters. The van der Waals surface area contributed by atoms with E-state index in [2.05, 4.69) is 79.9 Å². The summed E-state index contributed by atoms with van der Waals surface area (Å²) in [6, 6.07) is 23.4. The third kappa shape index (κ3) is 3.47. The van der Waals surface area contributed by atoms with Gasteiger partial charge in [-0.15, -0.1) is 0 Å². The normalized spacial score (nSPS) is 10.3. The maximum atomic E-state index is 8.77. The van der Waals surface area contributed by atoms with Gasteiger partial charge in [-0.2, -0.15) is 5.26 Å². The molecule has 0 heterocycles. The molecular formula is C21H17NS. The van der Waals surface area contributed by atoms with Crippen molar-refractivity contribution in [1.29, 1.82) is 5.26 Å². The average molecular weight is 315 g/mol. The number of thioether (sulfide) groups is 1. The van der Waals surface area contributed by atoms with Gasteiger partial charge < -0.3 is 0 Å². The minimum Gasteiger partial charge on any atom is -0.185 e. The summed E-state index contributed by atoms with van der Waals surface area (Å²) in [5.74, 6) is 0. The van der Waals surface area contributed by atoms with Crippen LogP contribution in [0.25, 0.3) is 22.3 Å². The van der Waals surface area contributed by atoms with Gasteiger partial charge in [-0.25, -0.2) is 0 Å². The molecule has 2 heteroatoms. The van der Waals surface area contributed by atoms with Gasteiger partial charge >= 0.3 is 0 Å². The van der Waals surface area contributed by atoms with Crippen LogP contribution in [0, 0.1) is 24.5 Å². The highest BCUT2D eigenvalue weighted by atomic mass is 32.2. The lowest BCUT2D eigenvalue weighted by atomic mass is 9.97. The summed E-state index contributed by atoms with van der Waals surface area (Å²) in [5, 5.41) is 10.9. The average Bonchev–Trinajstić information content (AvgIpc) is 2.56. The van der Waals surface area contributed by atoms with E-state index in [9.17, 15) is 0 Å². The van der Waals surface area contributed by atoms with E-state index in [0.717, 1.165) is 4.90 Å². The molecule has 0 fully saturated rings. The predicted molar refractivity (Wildman–Crippen MR) is 98.3 cm³/mol. The molecule has 0 atom stereocenters. The molecule has 0 aliphatic carbocycles. The molecule has 0 N–H and O–H groups in total. The van der Waals surface area contributed by atoms with E-state index in [1.165, 1.54) is 45.1 Å². The van der Waals surface area contributed by atoms with Crippen LogP contribution < -0.4 is 0 Å². The molecule has 0 saturated carbocycles. The fourth-order valence-corrected chi connectivity index (χ4v) is 3.14. The van der Waals surface area contributed by atoms with E-state index in [1.807, 2.05) is 6.07 Å². The number of rotatable bonds is 3. The van der Waals surface area contributed by atoms with Gasteiger partial charge in [0.1, 0.15) is 5.40 Å². The van der Waals surface area contributed by atoms with Crippen LogP contribution in [0.2, 0.25) is 0 Å². The van der Waals surface area contributed by atoms with Crippen molar-refractivity contribution in [2.75, 3.05) is 0 Å². The van der Waals surface area contributed by atoms with E-state index >= 15 is 0 Å². The summed E-state index contributed by atoms with van der Waals surface area (Å²) in [6.45, 7) is 4.19. The number of aryl methyl sites for hydroxylation is 2. The van der Waals surface area contributed by atoms with Crippen LogP contribution in [0.15, 0.2) is 71.6 Å². The van der Waals surface area contributed by atoms with Crippen molar-refractivity contribution in [1.82, 2.24) is 0 Å². The topological polar surface area (TPSA) is 23.8 Å². The van der Waals surface area contributed by atoms with E-state index in [4.69, 9.17) is 5.26 Å². The molecule has 23 heavy (non-hydrogen) atoms. The number of hydrogen-bond donors (Lipinski definition) is 0. The summed E-state index contributed by atoms with van der Waals surface area (Å²) >= 11 is 1.20. The Balaban J connectivity index is 1.90. The third-order valence-corrected chi connectivity index (χ3v) is 4.52. The van der Waals surface area contributed by atoms with Crippen LogP contribution in [0.3, 0.4) is 0 Å². The molecule has 0 aromatic heterocycles. The molecule has 3 rings (SSSR count). The van der Waals surface area contributed by atoms with E-state index in [-0.39, 0.29) is 0 Å². The Morgan fingerprint density at radius 1 is 0.739 bits per heavy atom. The molecule has 0 aliphatic heterocycles. The van der Waals surface area contributed by atoms with Crippen molar-refractivity contribution >= 4 is 11.8 Å². The van der Waals surface area contributed by atoms with E-state index in [1.54, 1.807) is 0 Å². The number of nitrogens with zero attached hydrogens (tertiary/aromatic N) is 1. The van der Waals surface area contributed by atoms with Crippen LogP contribution in [0.4, 0.5) is 0 Å². The highest BCUT2D eigenvalue weighted by Gasteiger charge is 2.05. The van der Waals surface area contributed by atoms with Crippen molar-refractivity contribution in [3.8, 4) is 27.7 Å². The highest BCUT2D eigenvalue weighted by Crippen LogP contribution is 2.29. The van der Waals surface area contributed by atoms with Crippen molar-refractivity contribution in [2.45, 2.75) is 18.7 Å². The summed E-state index contributed by atoms with van der Waals surface area (Å²) in [4.78, 5) is 0.991. The van der Waals surface area contributed by atoms with Crippen molar-refractivity contribution in [3.05, 3.63) is 77.9 Å². The molecule has 3 aromatic rings. The zero-order chi connectivity index (χ0) is 16.2. The van der Waals surface area contributed by atoms with Gasteiger partial charge in [0.15, 0.2) is 0 Å². The minimum atomic E-state index is 0.991. The Bertz CT molecular complexity index is 856. The Morgan fingerprint density at radius 2 is 1.30 bits per heavy atom. The van der Waals surface area contributed by atoms with Gasteiger partial charge in [0.05, 0.1) is 0 Å². The fraction of sp³-hybridized carbons (Fsp3) is 0.0952. The first-order chi connectivity index (χ1) is 11.2. The molecular weight excluding hydrogens is 298 g/mol. The van der Waals surface area contributed by atoms with Crippen LogP contribution in [-0.2, 0) is 0 Å². The monoisotopic (exact) mass is 315 g/mol. The number of nitriles is 1.